The SMILES string of the molecule is N=C(N=C(N=Cc1ccc2sc3ccc4c5cccc(-n6c7ccccc7c7ccccc76)c5oc4c3c2c1)c1ccccc1)c1ccccc1. The number of rotatable bonds is 4. The van der Waals surface area contributed by atoms with Gasteiger partial charge in [0.05, 0.1) is 16.7 Å². The van der Waals surface area contributed by atoms with Gasteiger partial charge >= 0.3 is 0 Å². The minimum Gasteiger partial charge on any atom is -0.453 e. The van der Waals surface area contributed by atoms with Crippen LogP contribution in [0.25, 0.3) is 69.6 Å². The number of thiophene rings is 1. The van der Waals surface area contributed by atoms with Gasteiger partial charge in [-0.25, -0.2) is 9.98 Å². The molecule has 0 spiro atoms. The second-order valence-electron chi connectivity index (χ2n) is 12.6. The van der Waals surface area contributed by atoms with Gasteiger partial charge in [-0.2, -0.15) is 0 Å². The van der Waals surface area contributed by atoms with E-state index >= 15 is 0 Å². The third-order valence-corrected chi connectivity index (χ3v) is 10.7. The second kappa shape index (κ2) is 11.8. The van der Waals surface area contributed by atoms with Gasteiger partial charge in [0.25, 0.3) is 0 Å². The third kappa shape index (κ3) is 4.80. The fraction of sp³-hybridized carbons (Fsp3) is 0. The van der Waals surface area contributed by atoms with Gasteiger partial charge in [-0.15, -0.1) is 11.3 Å². The van der Waals surface area contributed by atoms with Crippen molar-refractivity contribution in [2.75, 3.05) is 0 Å². The number of para-hydroxylation sites is 3. The topological polar surface area (TPSA) is 66.6 Å². The van der Waals surface area contributed by atoms with Crippen LogP contribution in [0.1, 0.15) is 16.7 Å². The van der Waals surface area contributed by atoms with Crippen LogP contribution in [-0.2, 0) is 0 Å². The Bertz CT molecular complexity index is 2990. The molecule has 0 bridgehead atoms. The molecule has 240 valence electrons. The highest BCUT2D eigenvalue weighted by Gasteiger charge is 2.20. The van der Waals surface area contributed by atoms with E-state index in [1.807, 2.05) is 66.9 Å². The fourth-order valence-electron chi connectivity index (χ4n) is 7.22. The normalized spacial score (nSPS) is 12.4. The number of nitrogens with zero attached hydrogens (tertiary/aromatic N) is 3. The lowest BCUT2D eigenvalue weighted by molar-refractivity contribution is 0.670. The van der Waals surface area contributed by atoms with E-state index in [0.717, 1.165) is 66.1 Å². The molecule has 0 aliphatic heterocycles. The summed E-state index contributed by atoms with van der Waals surface area (Å²) < 4.78 is 11.7. The summed E-state index contributed by atoms with van der Waals surface area (Å²) in [7, 11) is 0. The molecule has 0 saturated carbocycles. The lowest BCUT2D eigenvalue weighted by Gasteiger charge is -2.08. The molecule has 0 aliphatic carbocycles. The number of aromatic nitrogens is 1. The first-order chi connectivity index (χ1) is 25.2. The molecule has 0 unspecified atom stereocenters. The smallest absolute Gasteiger partial charge is 0.161 e. The summed E-state index contributed by atoms with van der Waals surface area (Å²) in [4.78, 5) is 9.50. The van der Waals surface area contributed by atoms with Gasteiger partial charge in [-0.3, -0.25) is 5.41 Å². The molecule has 10 aromatic rings. The van der Waals surface area contributed by atoms with E-state index in [2.05, 4.69) is 107 Å². The quantitative estimate of drug-likeness (QED) is 0.147. The van der Waals surface area contributed by atoms with Crippen LogP contribution in [0.15, 0.2) is 172 Å². The van der Waals surface area contributed by atoms with Crippen molar-refractivity contribution in [2.24, 2.45) is 9.98 Å². The summed E-state index contributed by atoms with van der Waals surface area (Å²) in [6.07, 6.45) is 1.84. The van der Waals surface area contributed by atoms with Gasteiger partial charge in [0.1, 0.15) is 5.58 Å². The fourth-order valence-corrected chi connectivity index (χ4v) is 8.30. The first-order valence-electron chi connectivity index (χ1n) is 16.8. The zero-order valence-corrected chi connectivity index (χ0v) is 28.1. The minimum atomic E-state index is 0.165. The number of aliphatic imine (C=N–C) groups is 2. The van der Waals surface area contributed by atoms with E-state index in [9.17, 15) is 0 Å². The molecule has 1 N–H and O–H groups in total. The molecule has 0 radical (unpaired) electrons. The molecular weight excluding hydrogens is 645 g/mol. The Balaban J connectivity index is 1.13. The lowest BCUT2D eigenvalue weighted by Crippen LogP contribution is -2.04. The Labute approximate surface area is 296 Å². The maximum atomic E-state index is 8.66. The predicted molar refractivity (Wildman–Crippen MR) is 215 cm³/mol. The van der Waals surface area contributed by atoms with Gasteiger partial charge in [-0.05, 0) is 48.0 Å². The summed E-state index contributed by atoms with van der Waals surface area (Å²) in [6, 6.07) is 53.8. The minimum absolute atomic E-state index is 0.165. The summed E-state index contributed by atoms with van der Waals surface area (Å²) in [5, 5.41) is 15.5. The zero-order valence-electron chi connectivity index (χ0n) is 27.2. The number of furan rings is 1. The zero-order chi connectivity index (χ0) is 33.9. The van der Waals surface area contributed by atoms with Crippen LogP contribution >= 0.6 is 11.3 Å². The number of benzene rings is 7. The first-order valence-corrected chi connectivity index (χ1v) is 17.6. The Morgan fingerprint density at radius 3 is 1.94 bits per heavy atom. The standard InChI is InChI=1S/C45H28N4OS/c46-44(29-12-3-1-4-13-29)48-45(30-14-5-2-6-15-30)47-27-28-22-24-39-35(26-28)41-40(51-39)25-23-34-33-18-11-21-38(42(33)50-43(34)41)49-36-19-9-7-16-31(36)32-17-8-10-20-37(32)49/h1-27,46H. The molecule has 0 saturated heterocycles. The molecule has 5 nitrogen and oxygen atoms in total. The van der Waals surface area contributed by atoms with Crippen LogP contribution in [0.4, 0.5) is 0 Å². The molecule has 51 heavy (non-hydrogen) atoms. The Morgan fingerprint density at radius 2 is 1.20 bits per heavy atom. The number of nitrogens with one attached hydrogen (secondary N) is 1. The van der Waals surface area contributed by atoms with Gasteiger partial charge in [0.15, 0.2) is 17.3 Å². The number of hydrogen-bond acceptors (Lipinski definition) is 3. The molecular formula is C45H28N4OS. The van der Waals surface area contributed by atoms with E-state index in [1.165, 1.54) is 20.2 Å². The van der Waals surface area contributed by atoms with E-state index in [4.69, 9.17) is 14.8 Å². The number of amidine groups is 2. The summed E-state index contributed by atoms with van der Waals surface area (Å²) in [5.74, 6) is 0.649. The molecule has 7 aromatic carbocycles. The summed E-state index contributed by atoms with van der Waals surface area (Å²) >= 11 is 1.77. The number of fused-ring (bicyclic) bond motifs is 10. The van der Waals surface area contributed by atoms with Crippen molar-refractivity contribution in [2.45, 2.75) is 0 Å². The van der Waals surface area contributed by atoms with Crippen molar-refractivity contribution in [3.63, 3.8) is 0 Å². The van der Waals surface area contributed by atoms with Crippen LogP contribution in [0.3, 0.4) is 0 Å². The lowest BCUT2D eigenvalue weighted by atomic mass is 10.1. The molecule has 0 aliphatic rings. The molecule has 10 rings (SSSR count). The van der Waals surface area contributed by atoms with Crippen LogP contribution < -0.4 is 0 Å². The average Bonchev–Trinajstić information content (AvgIpc) is 3.86. The van der Waals surface area contributed by atoms with Crippen molar-refractivity contribution in [3.05, 3.63) is 174 Å². The molecule has 6 heteroatoms. The maximum absolute atomic E-state index is 8.66. The largest absolute Gasteiger partial charge is 0.453 e. The molecule has 0 amide bonds. The van der Waals surface area contributed by atoms with Crippen LogP contribution in [0.2, 0.25) is 0 Å². The third-order valence-electron chi connectivity index (χ3n) is 9.55. The average molecular weight is 673 g/mol. The van der Waals surface area contributed by atoms with Crippen LogP contribution in [0.5, 0.6) is 0 Å². The monoisotopic (exact) mass is 672 g/mol. The van der Waals surface area contributed by atoms with Gasteiger partial charge < -0.3 is 8.98 Å². The molecule has 3 aromatic heterocycles. The Hall–Kier alpha value is -6.63. The van der Waals surface area contributed by atoms with Crippen LogP contribution in [-0.4, -0.2) is 22.5 Å². The van der Waals surface area contributed by atoms with Crippen molar-refractivity contribution in [1.82, 2.24) is 4.57 Å². The maximum Gasteiger partial charge on any atom is 0.161 e. The van der Waals surface area contributed by atoms with E-state index in [1.54, 1.807) is 11.3 Å². The van der Waals surface area contributed by atoms with Crippen molar-refractivity contribution in [1.29, 1.82) is 5.41 Å². The molecule has 0 fully saturated rings. The van der Waals surface area contributed by atoms with Gasteiger partial charge in [0.2, 0.25) is 0 Å². The summed E-state index contributed by atoms with van der Waals surface area (Å²) in [6.45, 7) is 0. The first kappa shape index (κ1) is 29.3. The van der Waals surface area contributed by atoms with Crippen molar-refractivity contribution < 1.29 is 4.42 Å². The molecule has 3 heterocycles. The van der Waals surface area contributed by atoms with E-state index in [0.29, 0.717) is 5.84 Å². The van der Waals surface area contributed by atoms with E-state index in [-0.39, 0.29) is 5.84 Å². The highest BCUT2D eigenvalue weighted by molar-refractivity contribution is 7.26. The van der Waals surface area contributed by atoms with Gasteiger partial charge in [-0.1, -0.05) is 115 Å². The van der Waals surface area contributed by atoms with Crippen molar-refractivity contribution in [3.8, 4) is 5.69 Å². The second-order valence-corrected chi connectivity index (χ2v) is 13.7. The van der Waals surface area contributed by atoms with Gasteiger partial charge in [0, 0.05) is 59.1 Å². The Kier molecular flexibility index (Phi) is 6.76. The van der Waals surface area contributed by atoms with Crippen molar-refractivity contribution >= 4 is 93.1 Å². The highest BCUT2D eigenvalue weighted by atomic mass is 32.1. The van der Waals surface area contributed by atoms with E-state index < -0.39 is 0 Å². The van der Waals surface area contributed by atoms with Crippen LogP contribution in [0, 0.1) is 5.41 Å². The Morgan fingerprint density at radius 1 is 0.569 bits per heavy atom. The number of hydrogen-bond donors (Lipinski definition) is 1. The summed E-state index contributed by atoms with van der Waals surface area (Å²) in [5.41, 5.74) is 7.61. The highest BCUT2D eigenvalue weighted by Crippen LogP contribution is 2.44. The molecule has 0 atom stereocenters. The predicted octanol–water partition coefficient (Wildman–Crippen LogP) is 11.9.